The molecule has 98 valence electrons. The molecule has 0 spiro atoms. The van der Waals surface area contributed by atoms with Crippen molar-refractivity contribution in [2.24, 2.45) is 0 Å². The summed E-state index contributed by atoms with van der Waals surface area (Å²) >= 11 is 0. The number of aromatic amines is 1. The van der Waals surface area contributed by atoms with E-state index >= 15 is 0 Å². The Kier molecular flexibility index (Phi) is 2.18. The molecule has 5 nitrogen and oxygen atoms in total. The number of benzene rings is 1. The van der Waals surface area contributed by atoms with Crippen molar-refractivity contribution in [1.29, 1.82) is 0 Å². The smallest absolute Gasteiger partial charge is 0.358 e. The summed E-state index contributed by atoms with van der Waals surface area (Å²) in [5.41, 5.74) is 2.85. The van der Waals surface area contributed by atoms with Gasteiger partial charge in [0, 0.05) is 22.7 Å². The number of carbonyl (C=O) groups excluding carboxylic acids is 1. The minimum Gasteiger partial charge on any atom is -0.360 e. The van der Waals surface area contributed by atoms with Crippen molar-refractivity contribution in [3.63, 3.8) is 0 Å². The Balaban J connectivity index is 1.90. The largest absolute Gasteiger partial charge is 0.360 e. The zero-order valence-electron chi connectivity index (χ0n) is 10.9. The molecule has 5 heteroatoms. The van der Waals surface area contributed by atoms with Gasteiger partial charge in [-0.2, -0.15) is 4.57 Å². The van der Waals surface area contributed by atoms with Crippen molar-refractivity contribution in [3.8, 4) is 11.3 Å². The van der Waals surface area contributed by atoms with Gasteiger partial charge in [0.25, 0.3) is 0 Å². The van der Waals surface area contributed by atoms with E-state index < -0.39 is 0 Å². The first-order chi connectivity index (χ1) is 9.74. The van der Waals surface area contributed by atoms with Gasteiger partial charge < -0.3 is 4.98 Å². The van der Waals surface area contributed by atoms with E-state index in [2.05, 4.69) is 15.3 Å². The third-order valence-electron chi connectivity index (χ3n) is 3.67. The molecule has 1 atom stereocenters. The molecule has 0 amide bonds. The van der Waals surface area contributed by atoms with E-state index in [4.69, 9.17) is 0 Å². The second-order valence-corrected chi connectivity index (χ2v) is 4.98. The topological polar surface area (TPSA) is 61.7 Å². The molecule has 2 N–H and O–H groups in total. The van der Waals surface area contributed by atoms with Crippen LogP contribution in [0, 0.1) is 0 Å². The van der Waals surface area contributed by atoms with Crippen LogP contribution in [0.3, 0.4) is 0 Å². The maximum Gasteiger partial charge on any atom is 0.358 e. The number of para-hydroxylation sites is 1. The van der Waals surface area contributed by atoms with E-state index in [0.29, 0.717) is 0 Å². The molecule has 0 aliphatic carbocycles. The Morgan fingerprint density at radius 3 is 3.05 bits per heavy atom. The van der Waals surface area contributed by atoms with Crippen molar-refractivity contribution >= 4 is 22.6 Å². The molecule has 20 heavy (non-hydrogen) atoms. The maximum absolute atomic E-state index is 12.0. The van der Waals surface area contributed by atoms with Crippen molar-refractivity contribution in [1.82, 2.24) is 9.97 Å². The molecule has 0 fully saturated rings. The van der Waals surface area contributed by atoms with Crippen LogP contribution in [0.4, 0.5) is 5.82 Å². The van der Waals surface area contributed by atoms with Crippen molar-refractivity contribution in [2.75, 3.05) is 5.32 Å². The normalized spacial score (nSPS) is 17.2. The molecule has 0 bridgehead atoms. The van der Waals surface area contributed by atoms with Gasteiger partial charge in [-0.15, -0.1) is 0 Å². The molecule has 1 unspecified atom stereocenters. The SMILES string of the molecule is CC1Nc2cnc(-c3c[nH]c4ccccc34)c[n+]2C1=O. The summed E-state index contributed by atoms with van der Waals surface area (Å²) in [7, 11) is 0. The number of hydrogen-bond donors (Lipinski definition) is 2. The number of anilines is 1. The molecule has 0 saturated carbocycles. The molecular formula is C15H13N4O+. The third-order valence-corrected chi connectivity index (χ3v) is 3.67. The Labute approximate surface area is 115 Å². The minimum absolute atomic E-state index is 0.0449. The van der Waals surface area contributed by atoms with E-state index in [-0.39, 0.29) is 11.9 Å². The van der Waals surface area contributed by atoms with Crippen LogP contribution in [0.5, 0.6) is 0 Å². The maximum atomic E-state index is 12.0. The first-order valence-electron chi connectivity index (χ1n) is 6.53. The summed E-state index contributed by atoms with van der Waals surface area (Å²) in [5.74, 6) is 0.787. The van der Waals surface area contributed by atoms with Gasteiger partial charge in [-0.05, 0) is 13.0 Å². The fourth-order valence-corrected chi connectivity index (χ4v) is 2.62. The highest BCUT2D eigenvalue weighted by molar-refractivity contribution is 5.94. The highest BCUT2D eigenvalue weighted by atomic mass is 16.2. The number of H-pyrrole nitrogens is 1. The van der Waals surface area contributed by atoms with Gasteiger partial charge in [0.2, 0.25) is 0 Å². The summed E-state index contributed by atoms with van der Waals surface area (Å²) in [6.07, 6.45) is 5.43. The third kappa shape index (κ3) is 1.46. The van der Waals surface area contributed by atoms with Crippen LogP contribution < -0.4 is 9.88 Å². The summed E-state index contributed by atoms with van der Waals surface area (Å²) < 4.78 is 1.63. The number of nitrogens with one attached hydrogen (secondary N) is 2. The number of carbonyl (C=O) groups is 1. The molecule has 2 aromatic heterocycles. The summed E-state index contributed by atoms with van der Waals surface area (Å²) in [5, 5.41) is 4.20. The predicted molar refractivity (Wildman–Crippen MR) is 75.4 cm³/mol. The molecule has 1 aliphatic heterocycles. The minimum atomic E-state index is -0.199. The van der Waals surface area contributed by atoms with Crippen LogP contribution in [0.2, 0.25) is 0 Å². The number of rotatable bonds is 1. The fourth-order valence-electron chi connectivity index (χ4n) is 2.62. The van der Waals surface area contributed by atoms with Gasteiger partial charge in [-0.1, -0.05) is 18.2 Å². The van der Waals surface area contributed by atoms with Gasteiger partial charge in [-0.25, -0.2) is 9.78 Å². The number of nitrogens with zero attached hydrogens (tertiary/aromatic N) is 2. The van der Waals surface area contributed by atoms with Gasteiger partial charge in [0.15, 0.2) is 6.04 Å². The van der Waals surface area contributed by atoms with Crippen LogP contribution in [-0.2, 0) is 0 Å². The highest BCUT2D eigenvalue weighted by Crippen LogP contribution is 2.26. The molecule has 0 saturated heterocycles. The standard InChI is InChI=1S/C15H12N4O/c1-9-15(20)19-8-13(17-7-14(19)18-9)11-6-16-12-5-3-2-4-10(11)12/h2-9,16H,1H3/p+1. The van der Waals surface area contributed by atoms with Crippen molar-refractivity contribution in [2.45, 2.75) is 13.0 Å². The Bertz CT molecular complexity index is 837. The zero-order valence-corrected chi connectivity index (χ0v) is 10.9. The zero-order chi connectivity index (χ0) is 13.7. The van der Waals surface area contributed by atoms with E-state index in [1.54, 1.807) is 17.0 Å². The lowest BCUT2D eigenvalue weighted by atomic mass is 10.1. The molecule has 1 aromatic carbocycles. The molecule has 4 rings (SSSR count). The second-order valence-electron chi connectivity index (χ2n) is 4.98. The second kappa shape index (κ2) is 3.90. The van der Waals surface area contributed by atoms with Gasteiger partial charge in [0.05, 0.1) is 0 Å². The number of fused-ring (bicyclic) bond motifs is 2. The van der Waals surface area contributed by atoms with Crippen LogP contribution in [0.1, 0.15) is 11.7 Å². The van der Waals surface area contributed by atoms with Crippen LogP contribution >= 0.6 is 0 Å². The Morgan fingerprint density at radius 2 is 2.15 bits per heavy atom. The van der Waals surface area contributed by atoms with E-state index in [9.17, 15) is 4.79 Å². The average Bonchev–Trinajstić information content (AvgIpc) is 3.01. The lowest BCUT2D eigenvalue weighted by molar-refractivity contribution is -0.552. The van der Waals surface area contributed by atoms with Gasteiger partial charge in [-0.3, -0.25) is 5.32 Å². The average molecular weight is 265 g/mol. The summed E-state index contributed by atoms with van der Waals surface area (Å²) in [6, 6.07) is 7.85. The molecule has 3 aromatic rings. The van der Waals surface area contributed by atoms with Crippen LogP contribution in [-0.4, -0.2) is 21.9 Å². The molecular weight excluding hydrogens is 252 g/mol. The predicted octanol–water partition coefficient (Wildman–Crippen LogP) is 1.97. The van der Waals surface area contributed by atoms with Crippen molar-refractivity contribution in [3.05, 3.63) is 42.9 Å². The molecule has 3 heterocycles. The number of aromatic nitrogens is 3. The first-order valence-corrected chi connectivity index (χ1v) is 6.53. The lowest BCUT2D eigenvalue weighted by Gasteiger charge is -1.99. The number of hydrogen-bond acceptors (Lipinski definition) is 3. The lowest BCUT2D eigenvalue weighted by Crippen LogP contribution is -2.42. The monoisotopic (exact) mass is 265 g/mol. The van der Waals surface area contributed by atoms with Crippen molar-refractivity contribution < 1.29 is 9.36 Å². The van der Waals surface area contributed by atoms with E-state index in [1.807, 2.05) is 37.4 Å². The van der Waals surface area contributed by atoms with E-state index in [1.165, 1.54) is 0 Å². The fraction of sp³-hybridized carbons (Fsp3) is 0.133. The van der Waals surface area contributed by atoms with Crippen LogP contribution in [0.15, 0.2) is 42.9 Å². The molecule has 0 radical (unpaired) electrons. The van der Waals surface area contributed by atoms with Gasteiger partial charge >= 0.3 is 11.7 Å². The van der Waals surface area contributed by atoms with Crippen LogP contribution in [0.25, 0.3) is 22.2 Å². The first kappa shape index (κ1) is 11.2. The molecule has 1 aliphatic rings. The summed E-state index contributed by atoms with van der Waals surface area (Å²) in [6.45, 7) is 1.85. The highest BCUT2D eigenvalue weighted by Gasteiger charge is 2.35. The quantitative estimate of drug-likeness (QED) is 0.661. The van der Waals surface area contributed by atoms with E-state index in [0.717, 1.165) is 28.0 Å². The Hall–Kier alpha value is -2.69. The Morgan fingerprint density at radius 1 is 1.30 bits per heavy atom. The summed E-state index contributed by atoms with van der Waals surface area (Å²) in [4.78, 5) is 19.7. The van der Waals surface area contributed by atoms with Gasteiger partial charge in [0.1, 0.15) is 18.1 Å².